The molecule has 0 spiro atoms. The summed E-state index contributed by atoms with van der Waals surface area (Å²) in [6, 6.07) is 7.04. The Labute approximate surface area is 113 Å². The minimum absolute atomic E-state index is 0.196. The third-order valence-electron chi connectivity index (χ3n) is 3.28. The zero-order valence-corrected chi connectivity index (χ0v) is 11.8. The van der Waals surface area contributed by atoms with E-state index in [4.69, 9.17) is 10.3 Å². The van der Waals surface area contributed by atoms with Crippen LogP contribution in [0.15, 0.2) is 29.4 Å². The van der Waals surface area contributed by atoms with Gasteiger partial charge in [0, 0.05) is 23.6 Å². The van der Waals surface area contributed by atoms with Crippen LogP contribution in [0.5, 0.6) is 0 Å². The average Bonchev–Trinajstić information content (AvgIpc) is 2.36. The summed E-state index contributed by atoms with van der Waals surface area (Å²) in [6.45, 7) is 5.55. The molecule has 0 radical (unpaired) electrons. The van der Waals surface area contributed by atoms with Crippen molar-refractivity contribution in [3.8, 4) is 0 Å². The van der Waals surface area contributed by atoms with Gasteiger partial charge in [0.15, 0.2) is 0 Å². The molecule has 4 nitrogen and oxygen atoms in total. The highest BCUT2D eigenvalue weighted by Crippen LogP contribution is 2.39. The normalized spacial score (nSPS) is 14.6. The third kappa shape index (κ3) is 3.94. The molecule has 0 aliphatic rings. The maximum atomic E-state index is 13.3. The first kappa shape index (κ1) is 15.5. The Bertz CT molecular complexity index is 447. The van der Waals surface area contributed by atoms with Gasteiger partial charge < -0.3 is 4.74 Å². The van der Waals surface area contributed by atoms with E-state index in [-0.39, 0.29) is 17.4 Å². The molecule has 1 unspecified atom stereocenters. The lowest BCUT2D eigenvalue weighted by molar-refractivity contribution is -0.00848. The van der Waals surface area contributed by atoms with Crippen LogP contribution in [0.25, 0.3) is 10.4 Å². The molecule has 1 aromatic rings. The molecule has 0 aromatic heterocycles. The van der Waals surface area contributed by atoms with E-state index in [0.717, 1.165) is 5.56 Å². The third-order valence-corrected chi connectivity index (χ3v) is 3.28. The highest BCUT2D eigenvalue weighted by atomic mass is 19.1. The first-order chi connectivity index (χ1) is 8.93. The van der Waals surface area contributed by atoms with Gasteiger partial charge in [0.25, 0.3) is 0 Å². The van der Waals surface area contributed by atoms with Crippen LogP contribution in [0.2, 0.25) is 0 Å². The number of methoxy groups -OCH3 is 1. The molecule has 5 heteroatoms. The predicted octanol–water partition coefficient (Wildman–Crippen LogP) is 4.95. The molecule has 0 saturated carbocycles. The van der Waals surface area contributed by atoms with Crippen molar-refractivity contribution in [2.75, 3.05) is 13.8 Å². The molecular formula is C14H20FN3O. The number of alkyl halides is 1. The Hall–Kier alpha value is -1.58. The number of hydrogen-bond donors (Lipinski definition) is 0. The van der Waals surface area contributed by atoms with E-state index in [1.807, 2.05) is 32.9 Å². The monoisotopic (exact) mass is 265 g/mol. The zero-order chi connectivity index (χ0) is 14.5. The molecule has 0 aliphatic heterocycles. The topological polar surface area (TPSA) is 58.0 Å². The molecule has 0 saturated heterocycles. The van der Waals surface area contributed by atoms with Crippen molar-refractivity contribution in [3.05, 3.63) is 40.3 Å². The van der Waals surface area contributed by atoms with Crippen LogP contribution in [0.1, 0.15) is 32.4 Å². The summed E-state index contributed by atoms with van der Waals surface area (Å²) in [5.74, 6) is -0.234. The van der Waals surface area contributed by atoms with Crippen molar-refractivity contribution >= 4 is 5.69 Å². The molecule has 2 atom stereocenters. The molecule has 1 aromatic carbocycles. The van der Waals surface area contributed by atoms with Crippen molar-refractivity contribution in [1.29, 1.82) is 0 Å². The molecule has 0 aliphatic carbocycles. The largest absolute Gasteiger partial charge is 0.376 e. The first-order valence-electron chi connectivity index (χ1n) is 6.18. The summed E-state index contributed by atoms with van der Waals surface area (Å²) < 4.78 is 18.8. The van der Waals surface area contributed by atoms with E-state index in [1.54, 1.807) is 19.2 Å². The van der Waals surface area contributed by atoms with E-state index in [0.29, 0.717) is 5.69 Å². The van der Waals surface area contributed by atoms with E-state index in [2.05, 4.69) is 10.0 Å². The van der Waals surface area contributed by atoms with Crippen molar-refractivity contribution in [2.24, 2.45) is 16.4 Å². The average molecular weight is 265 g/mol. The summed E-state index contributed by atoms with van der Waals surface area (Å²) >= 11 is 0. The second kappa shape index (κ2) is 6.55. The highest BCUT2D eigenvalue weighted by Gasteiger charge is 2.33. The molecule has 104 valence electrons. The number of halogens is 1. The second-order valence-corrected chi connectivity index (χ2v) is 5.56. The van der Waals surface area contributed by atoms with Gasteiger partial charge in [-0.3, -0.25) is 4.39 Å². The van der Waals surface area contributed by atoms with Crippen LogP contribution in [-0.2, 0) is 4.74 Å². The van der Waals surface area contributed by atoms with Crippen molar-refractivity contribution < 1.29 is 9.13 Å². The number of benzene rings is 1. The van der Waals surface area contributed by atoms with Crippen LogP contribution < -0.4 is 0 Å². The van der Waals surface area contributed by atoms with E-state index in [1.165, 1.54) is 0 Å². The summed E-state index contributed by atoms with van der Waals surface area (Å²) in [5.41, 5.74) is 9.59. The van der Waals surface area contributed by atoms with Gasteiger partial charge in [-0.15, -0.1) is 0 Å². The van der Waals surface area contributed by atoms with Gasteiger partial charge in [0.2, 0.25) is 0 Å². The second-order valence-electron chi connectivity index (χ2n) is 5.56. The van der Waals surface area contributed by atoms with Gasteiger partial charge in [-0.25, -0.2) is 0 Å². The minimum atomic E-state index is -0.444. The lowest BCUT2D eigenvalue weighted by atomic mass is 9.76. The van der Waals surface area contributed by atoms with Gasteiger partial charge in [-0.05, 0) is 16.5 Å². The molecule has 19 heavy (non-hydrogen) atoms. The van der Waals surface area contributed by atoms with Crippen LogP contribution in [-0.4, -0.2) is 13.8 Å². The SMILES string of the molecule is CO[C@H](c1ccc(N=[N+]=[N-])cc1)C(CF)C(C)(C)C. The van der Waals surface area contributed by atoms with Crippen molar-refractivity contribution in [2.45, 2.75) is 26.9 Å². The van der Waals surface area contributed by atoms with Crippen molar-refractivity contribution in [3.63, 3.8) is 0 Å². The lowest BCUT2D eigenvalue weighted by Gasteiger charge is -2.34. The summed E-state index contributed by atoms with van der Waals surface area (Å²) in [6.07, 6.45) is -0.315. The van der Waals surface area contributed by atoms with E-state index in [9.17, 15) is 4.39 Å². The standard InChI is InChI=1S/C14H20FN3O/c1-14(2,3)12(9-15)13(19-4)10-5-7-11(8-6-10)17-18-16/h5-8,12-13H,9H2,1-4H3/t12?,13-/m1/s1. The maximum absolute atomic E-state index is 13.3. The Morgan fingerprint density at radius 3 is 2.26 bits per heavy atom. The van der Waals surface area contributed by atoms with E-state index < -0.39 is 6.67 Å². The summed E-state index contributed by atoms with van der Waals surface area (Å²) in [7, 11) is 1.58. The molecule has 0 N–H and O–H groups in total. The molecular weight excluding hydrogens is 245 g/mol. The molecule has 0 amide bonds. The number of rotatable bonds is 5. The lowest BCUT2D eigenvalue weighted by Crippen LogP contribution is -2.29. The molecule has 0 fully saturated rings. The van der Waals surface area contributed by atoms with Gasteiger partial charge in [0.1, 0.15) is 0 Å². The van der Waals surface area contributed by atoms with Gasteiger partial charge in [0.05, 0.1) is 12.8 Å². The maximum Gasteiger partial charge on any atom is 0.0955 e. The Morgan fingerprint density at radius 1 is 1.32 bits per heavy atom. The molecule has 0 bridgehead atoms. The Kier molecular flexibility index (Phi) is 5.33. The smallest absolute Gasteiger partial charge is 0.0955 e. The number of nitrogens with zero attached hydrogens (tertiary/aromatic N) is 3. The summed E-state index contributed by atoms with van der Waals surface area (Å²) in [5, 5.41) is 3.51. The fourth-order valence-electron chi connectivity index (χ4n) is 2.08. The first-order valence-corrected chi connectivity index (χ1v) is 6.18. The van der Waals surface area contributed by atoms with Crippen LogP contribution >= 0.6 is 0 Å². The Balaban J connectivity index is 3.05. The van der Waals surface area contributed by atoms with Gasteiger partial charge >= 0.3 is 0 Å². The summed E-state index contributed by atoms with van der Waals surface area (Å²) in [4.78, 5) is 2.72. The Morgan fingerprint density at radius 2 is 1.89 bits per heavy atom. The highest BCUT2D eigenvalue weighted by molar-refractivity contribution is 5.39. The predicted molar refractivity (Wildman–Crippen MR) is 73.9 cm³/mol. The van der Waals surface area contributed by atoms with Gasteiger partial charge in [-0.1, -0.05) is 50.2 Å². The van der Waals surface area contributed by atoms with Crippen LogP contribution in [0.3, 0.4) is 0 Å². The van der Waals surface area contributed by atoms with Gasteiger partial charge in [-0.2, -0.15) is 0 Å². The number of hydrogen-bond acceptors (Lipinski definition) is 2. The van der Waals surface area contributed by atoms with Crippen LogP contribution in [0.4, 0.5) is 10.1 Å². The van der Waals surface area contributed by atoms with E-state index >= 15 is 0 Å². The zero-order valence-electron chi connectivity index (χ0n) is 11.8. The van der Waals surface area contributed by atoms with Crippen molar-refractivity contribution in [1.82, 2.24) is 0 Å². The minimum Gasteiger partial charge on any atom is -0.376 e. The molecule has 0 heterocycles. The number of ether oxygens (including phenoxy) is 1. The molecule has 1 rings (SSSR count). The number of azide groups is 1. The quantitative estimate of drug-likeness (QED) is 0.422. The fourth-order valence-corrected chi connectivity index (χ4v) is 2.08. The van der Waals surface area contributed by atoms with Crippen LogP contribution in [0, 0.1) is 11.3 Å². The fraction of sp³-hybridized carbons (Fsp3) is 0.571.